The lowest BCUT2D eigenvalue weighted by atomic mass is 10.1. The Morgan fingerprint density at radius 2 is 1.39 bits per heavy atom. The molecule has 0 heterocycles. The van der Waals surface area contributed by atoms with Crippen LogP contribution in [0.5, 0.6) is 0 Å². The molecule has 3 N–H and O–H groups in total. The Bertz CT molecular complexity index is 1130. The summed E-state index contributed by atoms with van der Waals surface area (Å²) in [4.78, 5) is 36.5. The summed E-state index contributed by atoms with van der Waals surface area (Å²) < 4.78 is 0. The second-order valence-electron chi connectivity index (χ2n) is 6.44. The van der Waals surface area contributed by atoms with Crippen molar-refractivity contribution in [2.75, 3.05) is 5.32 Å². The highest BCUT2D eigenvalue weighted by Gasteiger charge is 2.12. The molecule has 0 bridgehead atoms. The molecule has 0 unspecified atom stereocenters. The lowest BCUT2D eigenvalue weighted by Crippen LogP contribution is -2.41. The van der Waals surface area contributed by atoms with Gasteiger partial charge in [-0.25, -0.2) is 0 Å². The SMILES string of the molecule is O=C(Cc1ccc(Cl)c(Cl)c1)Nc1ccc(C(=O)NNC(=O)c2ccccc2Cl)cc1. The summed E-state index contributed by atoms with van der Waals surface area (Å²) in [7, 11) is 0. The van der Waals surface area contributed by atoms with E-state index in [2.05, 4.69) is 16.2 Å². The van der Waals surface area contributed by atoms with Crippen LogP contribution in [0.4, 0.5) is 5.69 Å². The van der Waals surface area contributed by atoms with Crippen LogP contribution in [-0.4, -0.2) is 17.7 Å². The highest BCUT2D eigenvalue weighted by molar-refractivity contribution is 6.42. The molecule has 0 aliphatic heterocycles. The second kappa shape index (κ2) is 10.3. The van der Waals surface area contributed by atoms with Gasteiger partial charge in [-0.2, -0.15) is 0 Å². The summed E-state index contributed by atoms with van der Waals surface area (Å²) in [6, 6.07) is 17.7. The maximum absolute atomic E-state index is 12.2. The van der Waals surface area contributed by atoms with E-state index in [0.29, 0.717) is 21.3 Å². The van der Waals surface area contributed by atoms with Gasteiger partial charge in [0, 0.05) is 11.3 Å². The van der Waals surface area contributed by atoms with Gasteiger partial charge in [0.1, 0.15) is 0 Å². The van der Waals surface area contributed by atoms with Gasteiger partial charge in [-0.15, -0.1) is 0 Å². The normalized spacial score (nSPS) is 10.3. The van der Waals surface area contributed by atoms with Crippen LogP contribution >= 0.6 is 34.8 Å². The summed E-state index contributed by atoms with van der Waals surface area (Å²) >= 11 is 17.8. The van der Waals surface area contributed by atoms with Crippen molar-refractivity contribution in [3.8, 4) is 0 Å². The number of rotatable bonds is 5. The van der Waals surface area contributed by atoms with Gasteiger partial charge in [0.05, 0.1) is 27.1 Å². The van der Waals surface area contributed by atoms with Crippen LogP contribution in [0, 0.1) is 0 Å². The summed E-state index contributed by atoms with van der Waals surface area (Å²) in [5.41, 5.74) is 6.40. The number of carbonyl (C=O) groups is 3. The third kappa shape index (κ3) is 6.21. The van der Waals surface area contributed by atoms with Crippen molar-refractivity contribution < 1.29 is 14.4 Å². The number of hydrogen-bond acceptors (Lipinski definition) is 3. The zero-order valence-corrected chi connectivity index (χ0v) is 18.2. The molecule has 3 rings (SSSR count). The minimum atomic E-state index is -0.537. The van der Waals surface area contributed by atoms with E-state index in [1.165, 1.54) is 12.1 Å². The molecule has 0 aliphatic rings. The Hall–Kier alpha value is -3.06. The fourth-order valence-electron chi connectivity index (χ4n) is 2.64. The van der Waals surface area contributed by atoms with Gasteiger partial charge in [-0.3, -0.25) is 25.2 Å². The van der Waals surface area contributed by atoms with E-state index in [4.69, 9.17) is 34.8 Å². The van der Waals surface area contributed by atoms with Crippen molar-refractivity contribution in [2.24, 2.45) is 0 Å². The summed E-state index contributed by atoms with van der Waals surface area (Å²) in [6.45, 7) is 0. The van der Waals surface area contributed by atoms with E-state index >= 15 is 0 Å². The molecular weight excluding hydrogens is 461 g/mol. The Morgan fingerprint density at radius 3 is 2.06 bits per heavy atom. The highest BCUT2D eigenvalue weighted by Crippen LogP contribution is 2.23. The average molecular weight is 477 g/mol. The van der Waals surface area contributed by atoms with Crippen LogP contribution in [0.1, 0.15) is 26.3 Å². The van der Waals surface area contributed by atoms with Crippen molar-refractivity contribution in [2.45, 2.75) is 6.42 Å². The summed E-state index contributed by atoms with van der Waals surface area (Å²) in [5, 5.41) is 3.81. The predicted octanol–water partition coefficient (Wildman–Crippen LogP) is 4.90. The molecule has 0 atom stereocenters. The molecule has 0 radical (unpaired) electrons. The van der Waals surface area contributed by atoms with Gasteiger partial charge in [-0.1, -0.05) is 53.0 Å². The van der Waals surface area contributed by atoms with Gasteiger partial charge in [0.2, 0.25) is 5.91 Å². The van der Waals surface area contributed by atoms with Crippen LogP contribution in [-0.2, 0) is 11.2 Å². The number of carbonyl (C=O) groups excluding carboxylic acids is 3. The quantitative estimate of drug-likeness (QED) is 0.458. The number of hydrazine groups is 1. The third-order valence-electron chi connectivity index (χ3n) is 4.19. The van der Waals surface area contributed by atoms with E-state index in [0.717, 1.165) is 5.56 Å². The van der Waals surface area contributed by atoms with E-state index < -0.39 is 11.8 Å². The van der Waals surface area contributed by atoms with Gasteiger partial charge >= 0.3 is 0 Å². The van der Waals surface area contributed by atoms with Gasteiger partial charge in [0.25, 0.3) is 11.8 Å². The van der Waals surface area contributed by atoms with Gasteiger partial charge in [-0.05, 0) is 54.1 Å². The topological polar surface area (TPSA) is 87.3 Å². The fourth-order valence-corrected chi connectivity index (χ4v) is 3.19. The molecule has 31 heavy (non-hydrogen) atoms. The first kappa shape index (κ1) is 22.6. The lowest BCUT2D eigenvalue weighted by molar-refractivity contribution is -0.115. The van der Waals surface area contributed by atoms with Crippen molar-refractivity contribution in [1.82, 2.24) is 10.9 Å². The molecule has 3 aromatic carbocycles. The van der Waals surface area contributed by atoms with Crippen molar-refractivity contribution in [3.05, 3.63) is 98.5 Å². The minimum Gasteiger partial charge on any atom is -0.326 e. The Kier molecular flexibility index (Phi) is 7.52. The first-order valence-electron chi connectivity index (χ1n) is 9.02. The largest absolute Gasteiger partial charge is 0.326 e. The molecule has 158 valence electrons. The number of amides is 3. The van der Waals surface area contributed by atoms with Crippen molar-refractivity contribution in [1.29, 1.82) is 0 Å². The van der Waals surface area contributed by atoms with Crippen LogP contribution in [0.2, 0.25) is 15.1 Å². The first-order valence-corrected chi connectivity index (χ1v) is 10.2. The number of benzene rings is 3. The van der Waals surface area contributed by atoms with E-state index in [1.807, 2.05) is 0 Å². The molecule has 9 heteroatoms. The van der Waals surface area contributed by atoms with Crippen LogP contribution in [0.15, 0.2) is 66.7 Å². The zero-order valence-electron chi connectivity index (χ0n) is 15.9. The standard InChI is InChI=1S/C22H16Cl3N3O3/c23-17-4-2-1-3-16(17)22(31)28-27-21(30)14-6-8-15(9-7-14)26-20(29)12-13-5-10-18(24)19(25)11-13/h1-11H,12H2,(H,26,29)(H,27,30)(H,28,31). The third-order valence-corrected chi connectivity index (χ3v) is 5.26. The van der Waals surface area contributed by atoms with Crippen molar-refractivity contribution >= 4 is 58.2 Å². The molecule has 6 nitrogen and oxygen atoms in total. The zero-order chi connectivity index (χ0) is 22.4. The first-order chi connectivity index (χ1) is 14.8. The van der Waals surface area contributed by atoms with Crippen LogP contribution in [0.3, 0.4) is 0 Å². The molecule has 0 saturated carbocycles. The molecule has 3 amide bonds. The fraction of sp³-hybridized carbons (Fsp3) is 0.0455. The molecule has 0 saturated heterocycles. The van der Waals surface area contributed by atoms with E-state index in [1.54, 1.807) is 54.6 Å². The van der Waals surface area contributed by atoms with Crippen LogP contribution < -0.4 is 16.2 Å². The van der Waals surface area contributed by atoms with E-state index in [9.17, 15) is 14.4 Å². The predicted molar refractivity (Wildman–Crippen MR) is 122 cm³/mol. The maximum atomic E-state index is 12.2. The average Bonchev–Trinajstić information content (AvgIpc) is 2.75. The monoisotopic (exact) mass is 475 g/mol. The number of anilines is 1. The molecule has 0 aliphatic carbocycles. The number of nitrogens with one attached hydrogen (secondary N) is 3. The summed E-state index contributed by atoms with van der Waals surface area (Å²) in [6.07, 6.45) is 0.118. The number of hydrogen-bond donors (Lipinski definition) is 3. The maximum Gasteiger partial charge on any atom is 0.271 e. The Labute approximate surface area is 193 Å². The molecule has 0 spiro atoms. The highest BCUT2D eigenvalue weighted by atomic mass is 35.5. The summed E-state index contributed by atoms with van der Waals surface area (Å²) in [5.74, 6) is -1.30. The smallest absolute Gasteiger partial charge is 0.271 e. The van der Waals surface area contributed by atoms with Gasteiger partial charge in [0.15, 0.2) is 0 Å². The Balaban J connectivity index is 1.53. The Morgan fingerprint density at radius 1 is 0.710 bits per heavy atom. The minimum absolute atomic E-state index is 0.118. The molecular formula is C22H16Cl3N3O3. The molecule has 0 aromatic heterocycles. The second-order valence-corrected chi connectivity index (χ2v) is 7.66. The lowest BCUT2D eigenvalue weighted by Gasteiger charge is -2.09. The molecule has 0 fully saturated rings. The van der Waals surface area contributed by atoms with Crippen LogP contribution in [0.25, 0.3) is 0 Å². The molecule has 3 aromatic rings. The van der Waals surface area contributed by atoms with Crippen molar-refractivity contribution in [3.63, 3.8) is 0 Å². The number of halogens is 3. The van der Waals surface area contributed by atoms with Gasteiger partial charge < -0.3 is 5.32 Å². The van der Waals surface area contributed by atoms with E-state index in [-0.39, 0.29) is 22.9 Å².